The third-order valence-corrected chi connectivity index (χ3v) is 4.15. The van der Waals surface area contributed by atoms with E-state index in [-0.39, 0.29) is 29.7 Å². The van der Waals surface area contributed by atoms with Gasteiger partial charge in [0, 0.05) is 44.4 Å². The summed E-state index contributed by atoms with van der Waals surface area (Å²) in [5.41, 5.74) is 1.03. The molecule has 146 valence electrons. The average Bonchev–Trinajstić information content (AvgIpc) is 2.64. The second-order valence-electron chi connectivity index (χ2n) is 6.00. The zero-order valence-electron chi connectivity index (χ0n) is 15.3. The van der Waals surface area contributed by atoms with E-state index in [1.54, 1.807) is 12.1 Å². The average molecular weight is 477 g/mol. The molecule has 2 N–H and O–H groups in total. The Morgan fingerprint density at radius 2 is 1.96 bits per heavy atom. The first kappa shape index (κ1) is 22.6. The summed E-state index contributed by atoms with van der Waals surface area (Å²) in [6, 6.07) is 6.88. The van der Waals surface area contributed by atoms with Gasteiger partial charge in [0.15, 0.2) is 5.96 Å². The first-order valence-electron chi connectivity index (χ1n) is 8.67. The monoisotopic (exact) mass is 477 g/mol. The van der Waals surface area contributed by atoms with Crippen LogP contribution in [-0.4, -0.2) is 61.2 Å². The molecule has 2 rings (SSSR count). The number of benzene rings is 1. The van der Waals surface area contributed by atoms with Gasteiger partial charge in [0.25, 0.3) is 5.69 Å². The van der Waals surface area contributed by atoms with Crippen molar-refractivity contribution >= 4 is 35.6 Å². The Balaban J connectivity index is 0.00000338. The third kappa shape index (κ3) is 7.42. The van der Waals surface area contributed by atoms with Gasteiger partial charge in [-0.05, 0) is 19.4 Å². The van der Waals surface area contributed by atoms with Gasteiger partial charge in [-0.15, -0.1) is 24.0 Å². The molecule has 8 nitrogen and oxygen atoms in total. The number of halogens is 1. The number of nitrogens with one attached hydrogen (secondary N) is 2. The molecule has 0 aliphatic carbocycles. The van der Waals surface area contributed by atoms with E-state index >= 15 is 0 Å². The van der Waals surface area contributed by atoms with Gasteiger partial charge in [0.05, 0.1) is 24.7 Å². The van der Waals surface area contributed by atoms with Crippen LogP contribution in [0.5, 0.6) is 0 Å². The largest absolute Gasteiger partial charge is 0.379 e. The Morgan fingerprint density at radius 1 is 1.31 bits per heavy atom. The Labute approximate surface area is 171 Å². The van der Waals surface area contributed by atoms with E-state index in [0.717, 1.165) is 50.9 Å². The number of morpholine rings is 1. The number of non-ortho nitro benzene ring substituents is 1. The summed E-state index contributed by atoms with van der Waals surface area (Å²) < 4.78 is 5.38. The highest BCUT2D eigenvalue weighted by Crippen LogP contribution is 2.12. The summed E-state index contributed by atoms with van der Waals surface area (Å²) in [4.78, 5) is 17.2. The maximum absolute atomic E-state index is 10.7. The van der Waals surface area contributed by atoms with Crippen LogP contribution in [0.4, 0.5) is 5.69 Å². The van der Waals surface area contributed by atoms with E-state index in [9.17, 15) is 10.1 Å². The first-order chi connectivity index (χ1) is 12.1. The maximum Gasteiger partial charge on any atom is 0.269 e. The van der Waals surface area contributed by atoms with E-state index in [0.29, 0.717) is 12.6 Å². The predicted molar refractivity (Wildman–Crippen MR) is 113 cm³/mol. The van der Waals surface area contributed by atoms with E-state index in [4.69, 9.17) is 4.74 Å². The van der Waals surface area contributed by atoms with Gasteiger partial charge >= 0.3 is 0 Å². The Kier molecular flexibility index (Phi) is 10.4. The maximum atomic E-state index is 10.7. The molecule has 1 aromatic rings. The Morgan fingerprint density at radius 3 is 2.54 bits per heavy atom. The van der Waals surface area contributed by atoms with E-state index in [1.807, 2.05) is 6.92 Å². The Bertz CT molecular complexity index is 576. The van der Waals surface area contributed by atoms with Crippen LogP contribution in [0.1, 0.15) is 19.4 Å². The third-order valence-electron chi connectivity index (χ3n) is 4.15. The molecule has 1 saturated heterocycles. The molecule has 0 saturated carbocycles. The Hall–Kier alpha value is -1.46. The SMILES string of the molecule is CCNC(=NCc1ccc([N+](=O)[O-])cc1)NCC(C)N1CCOCC1.I. The number of ether oxygens (including phenoxy) is 1. The number of nitro benzene ring substituents is 1. The molecule has 1 unspecified atom stereocenters. The lowest BCUT2D eigenvalue weighted by Gasteiger charge is -2.32. The standard InChI is InChI=1S/C17H27N5O3.HI/c1-3-18-17(19-12-14(2)21-8-10-25-11-9-21)20-13-15-4-6-16(7-5-15)22(23)24;/h4-7,14H,3,8-13H2,1-2H3,(H2,18,19,20);1H. The zero-order valence-corrected chi connectivity index (χ0v) is 17.6. The fourth-order valence-electron chi connectivity index (χ4n) is 2.63. The number of hydrogen-bond donors (Lipinski definition) is 2. The fourth-order valence-corrected chi connectivity index (χ4v) is 2.63. The number of nitro groups is 1. The molecule has 1 aliphatic rings. The normalized spacial score (nSPS) is 16.5. The van der Waals surface area contributed by atoms with Crippen LogP contribution in [-0.2, 0) is 11.3 Å². The van der Waals surface area contributed by atoms with Crippen LogP contribution >= 0.6 is 24.0 Å². The van der Waals surface area contributed by atoms with Crippen LogP contribution in [0.2, 0.25) is 0 Å². The van der Waals surface area contributed by atoms with Crippen LogP contribution in [0.3, 0.4) is 0 Å². The van der Waals surface area contributed by atoms with Crippen molar-refractivity contribution in [2.24, 2.45) is 4.99 Å². The van der Waals surface area contributed by atoms with Crippen LogP contribution in [0.25, 0.3) is 0 Å². The minimum absolute atomic E-state index is 0. The van der Waals surface area contributed by atoms with Gasteiger partial charge in [-0.1, -0.05) is 12.1 Å². The predicted octanol–water partition coefficient (Wildman–Crippen LogP) is 1.99. The quantitative estimate of drug-likeness (QED) is 0.205. The summed E-state index contributed by atoms with van der Waals surface area (Å²) in [6.07, 6.45) is 0. The molecule has 0 spiro atoms. The highest BCUT2D eigenvalue weighted by Gasteiger charge is 2.16. The number of aliphatic imine (C=N–C) groups is 1. The van der Waals surface area contributed by atoms with E-state index in [2.05, 4.69) is 27.4 Å². The van der Waals surface area contributed by atoms with Crippen molar-refractivity contribution in [1.29, 1.82) is 0 Å². The van der Waals surface area contributed by atoms with Crippen molar-refractivity contribution < 1.29 is 9.66 Å². The lowest BCUT2D eigenvalue weighted by atomic mass is 10.2. The smallest absolute Gasteiger partial charge is 0.269 e. The van der Waals surface area contributed by atoms with Crippen molar-refractivity contribution in [3.8, 4) is 0 Å². The zero-order chi connectivity index (χ0) is 18.1. The highest BCUT2D eigenvalue weighted by atomic mass is 127. The van der Waals surface area contributed by atoms with Crippen molar-refractivity contribution in [1.82, 2.24) is 15.5 Å². The number of hydrogen-bond acceptors (Lipinski definition) is 5. The molecule has 0 bridgehead atoms. The summed E-state index contributed by atoms with van der Waals surface area (Å²) in [5, 5.41) is 17.3. The molecule has 0 amide bonds. The molecule has 0 radical (unpaired) electrons. The number of guanidine groups is 1. The molecule has 1 aromatic carbocycles. The van der Waals surface area contributed by atoms with E-state index < -0.39 is 4.92 Å². The highest BCUT2D eigenvalue weighted by molar-refractivity contribution is 14.0. The molecule has 26 heavy (non-hydrogen) atoms. The molecule has 9 heteroatoms. The van der Waals surface area contributed by atoms with Crippen molar-refractivity contribution in [2.45, 2.75) is 26.4 Å². The van der Waals surface area contributed by atoms with Crippen LogP contribution in [0, 0.1) is 10.1 Å². The molecular weight excluding hydrogens is 449 g/mol. The van der Waals surface area contributed by atoms with Gasteiger partial charge in [-0.2, -0.15) is 0 Å². The van der Waals surface area contributed by atoms with Crippen molar-refractivity contribution in [3.05, 3.63) is 39.9 Å². The van der Waals surface area contributed by atoms with Gasteiger partial charge < -0.3 is 15.4 Å². The minimum Gasteiger partial charge on any atom is -0.379 e. The lowest BCUT2D eigenvalue weighted by Crippen LogP contribution is -2.49. The van der Waals surface area contributed by atoms with E-state index in [1.165, 1.54) is 12.1 Å². The second kappa shape index (κ2) is 12.0. The molecule has 0 aromatic heterocycles. The minimum atomic E-state index is -0.397. The summed E-state index contributed by atoms with van der Waals surface area (Å²) in [6.45, 7) is 9.76. The van der Waals surface area contributed by atoms with Gasteiger partial charge in [0.2, 0.25) is 0 Å². The van der Waals surface area contributed by atoms with Gasteiger partial charge in [-0.25, -0.2) is 4.99 Å². The summed E-state index contributed by atoms with van der Waals surface area (Å²) >= 11 is 0. The van der Waals surface area contributed by atoms with Crippen molar-refractivity contribution in [3.63, 3.8) is 0 Å². The summed E-state index contributed by atoms with van der Waals surface area (Å²) in [5.74, 6) is 0.751. The van der Waals surface area contributed by atoms with Crippen LogP contribution in [0.15, 0.2) is 29.3 Å². The summed E-state index contributed by atoms with van der Waals surface area (Å²) in [7, 11) is 0. The molecular formula is C17H28IN5O3. The van der Waals surface area contributed by atoms with Crippen LogP contribution < -0.4 is 10.6 Å². The molecule has 1 aliphatic heterocycles. The van der Waals surface area contributed by atoms with Gasteiger partial charge in [0.1, 0.15) is 0 Å². The molecule has 1 heterocycles. The number of rotatable bonds is 7. The second-order valence-corrected chi connectivity index (χ2v) is 6.00. The number of nitrogens with zero attached hydrogens (tertiary/aromatic N) is 3. The molecule has 1 atom stereocenters. The lowest BCUT2D eigenvalue weighted by molar-refractivity contribution is -0.384. The first-order valence-corrected chi connectivity index (χ1v) is 8.67. The van der Waals surface area contributed by atoms with Gasteiger partial charge in [-0.3, -0.25) is 15.0 Å². The van der Waals surface area contributed by atoms with Crippen molar-refractivity contribution in [2.75, 3.05) is 39.4 Å². The topological polar surface area (TPSA) is 92.0 Å². The molecule has 1 fully saturated rings. The fraction of sp³-hybridized carbons (Fsp3) is 0.588.